The highest BCUT2D eigenvalue weighted by Gasteiger charge is 2.40. The standard InChI is InChI=1S/C11H23N3S/c1-10-11(9-12,5-8-15-10)13-14-6-3-2-4-7-14/h10,13H,2-9,12H2,1H3. The largest absolute Gasteiger partial charge is 0.329 e. The second-order valence-electron chi connectivity index (χ2n) is 4.78. The molecule has 2 aliphatic heterocycles. The van der Waals surface area contributed by atoms with Crippen LogP contribution in [0, 0.1) is 0 Å². The van der Waals surface area contributed by atoms with Crippen LogP contribution in [-0.2, 0) is 0 Å². The van der Waals surface area contributed by atoms with Gasteiger partial charge in [0.2, 0.25) is 0 Å². The molecular formula is C11H23N3S. The van der Waals surface area contributed by atoms with Gasteiger partial charge in [-0.2, -0.15) is 11.8 Å². The zero-order chi connectivity index (χ0) is 10.7. The van der Waals surface area contributed by atoms with Gasteiger partial charge in [0.05, 0.1) is 5.54 Å². The third kappa shape index (κ3) is 2.49. The molecule has 0 radical (unpaired) electrons. The van der Waals surface area contributed by atoms with Gasteiger partial charge >= 0.3 is 0 Å². The van der Waals surface area contributed by atoms with Crippen LogP contribution < -0.4 is 11.2 Å². The molecule has 0 aromatic carbocycles. The number of nitrogens with one attached hydrogen (secondary N) is 1. The monoisotopic (exact) mass is 229 g/mol. The van der Waals surface area contributed by atoms with Crippen molar-refractivity contribution < 1.29 is 0 Å². The molecule has 2 aliphatic rings. The first-order valence-electron chi connectivity index (χ1n) is 6.11. The molecule has 2 unspecified atom stereocenters. The Hall–Kier alpha value is 0.230. The fraction of sp³-hybridized carbons (Fsp3) is 1.00. The molecule has 0 saturated carbocycles. The molecule has 88 valence electrons. The maximum atomic E-state index is 5.97. The lowest BCUT2D eigenvalue weighted by atomic mass is 9.93. The van der Waals surface area contributed by atoms with Gasteiger partial charge in [0.1, 0.15) is 0 Å². The zero-order valence-corrected chi connectivity index (χ0v) is 10.5. The van der Waals surface area contributed by atoms with Crippen LogP contribution in [0.4, 0.5) is 0 Å². The number of hydrogen-bond donors (Lipinski definition) is 2. The van der Waals surface area contributed by atoms with Crippen LogP contribution in [0.15, 0.2) is 0 Å². The van der Waals surface area contributed by atoms with E-state index in [0.29, 0.717) is 5.25 Å². The third-order valence-electron chi connectivity index (χ3n) is 3.80. The molecule has 0 aromatic heterocycles. The molecule has 2 atom stereocenters. The normalized spacial score (nSPS) is 38.4. The quantitative estimate of drug-likeness (QED) is 0.763. The van der Waals surface area contributed by atoms with Crippen LogP contribution >= 0.6 is 11.8 Å². The minimum atomic E-state index is 0.169. The summed E-state index contributed by atoms with van der Waals surface area (Å²) in [6, 6.07) is 0. The molecule has 3 N–H and O–H groups in total. The number of piperidine rings is 1. The number of nitrogens with two attached hydrogens (primary N) is 1. The molecular weight excluding hydrogens is 206 g/mol. The third-order valence-corrected chi connectivity index (χ3v) is 5.19. The predicted molar refractivity (Wildman–Crippen MR) is 66.9 cm³/mol. The number of hydrogen-bond acceptors (Lipinski definition) is 4. The van der Waals surface area contributed by atoms with Crippen LogP contribution in [0.25, 0.3) is 0 Å². The Morgan fingerprint density at radius 2 is 2.13 bits per heavy atom. The van der Waals surface area contributed by atoms with E-state index in [1.165, 1.54) is 44.5 Å². The van der Waals surface area contributed by atoms with E-state index in [2.05, 4.69) is 17.4 Å². The zero-order valence-electron chi connectivity index (χ0n) is 9.67. The van der Waals surface area contributed by atoms with Crippen molar-refractivity contribution in [3.8, 4) is 0 Å². The highest BCUT2D eigenvalue weighted by atomic mass is 32.2. The Morgan fingerprint density at radius 3 is 2.67 bits per heavy atom. The molecule has 0 bridgehead atoms. The van der Waals surface area contributed by atoms with Crippen molar-refractivity contribution in [2.45, 2.75) is 43.4 Å². The Bertz CT molecular complexity index is 206. The number of nitrogens with zero attached hydrogens (tertiary/aromatic N) is 1. The van der Waals surface area contributed by atoms with Crippen molar-refractivity contribution in [3.63, 3.8) is 0 Å². The smallest absolute Gasteiger partial charge is 0.0571 e. The van der Waals surface area contributed by atoms with Gasteiger partial charge in [-0.05, 0) is 25.0 Å². The molecule has 2 fully saturated rings. The van der Waals surface area contributed by atoms with Crippen molar-refractivity contribution in [1.29, 1.82) is 0 Å². The van der Waals surface area contributed by atoms with Crippen LogP contribution in [0.1, 0.15) is 32.6 Å². The van der Waals surface area contributed by atoms with Crippen molar-refractivity contribution in [2.75, 3.05) is 25.4 Å². The number of thioether (sulfide) groups is 1. The average molecular weight is 229 g/mol. The van der Waals surface area contributed by atoms with Gasteiger partial charge in [0.25, 0.3) is 0 Å². The fourth-order valence-corrected chi connectivity index (χ4v) is 3.98. The number of rotatable bonds is 3. The Kier molecular flexibility index (Phi) is 3.93. The highest BCUT2D eigenvalue weighted by Crippen LogP contribution is 2.35. The van der Waals surface area contributed by atoms with E-state index < -0.39 is 0 Å². The van der Waals surface area contributed by atoms with E-state index in [9.17, 15) is 0 Å². The van der Waals surface area contributed by atoms with E-state index in [0.717, 1.165) is 6.54 Å². The molecule has 15 heavy (non-hydrogen) atoms. The van der Waals surface area contributed by atoms with Crippen LogP contribution in [-0.4, -0.2) is 41.2 Å². The van der Waals surface area contributed by atoms with Gasteiger partial charge in [0.15, 0.2) is 0 Å². The van der Waals surface area contributed by atoms with Gasteiger partial charge in [0, 0.05) is 24.9 Å². The van der Waals surface area contributed by atoms with E-state index >= 15 is 0 Å². The number of hydrazine groups is 1. The van der Waals surface area contributed by atoms with Crippen LogP contribution in [0.3, 0.4) is 0 Å². The minimum Gasteiger partial charge on any atom is -0.329 e. The molecule has 0 amide bonds. The second kappa shape index (κ2) is 5.04. The van der Waals surface area contributed by atoms with Crippen LogP contribution in [0.5, 0.6) is 0 Å². The maximum Gasteiger partial charge on any atom is 0.0571 e. The van der Waals surface area contributed by atoms with Crippen molar-refractivity contribution >= 4 is 11.8 Å². The first kappa shape index (κ1) is 11.7. The molecule has 2 heterocycles. The Balaban J connectivity index is 1.94. The lowest BCUT2D eigenvalue weighted by Gasteiger charge is -2.40. The fourth-order valence-electron chi connectivity index (χ4n) is 2.56. The summed E-state index contributed by atoms with van der Waals surface area (Å²) < 4.78 is 0. The highest BCUT2D eigenvalue weighted by molar-refractivity contribution is 8.00. The summed E-state index contributed by atoms with van der Waals surface area (Å²) in [7, 11) is 0. The van der Waals surface area contributed by atoms with Gasteiger partial charge in [-0.1, -0.05) is 13.3 Å². The molecule has 0 aliphatic carbocycles. The second-order valence-corrected chi connectivity index (χ2v) is 6.23. The van der Waals surface area contributed by atoms with E-state index in [4.69, 9.17) is 5.73 Å². The first-order valence-corrected chi connectivity index (χ1v) is 7.16. The van der Waals surface area contributed by atoms with Crippen molar-refractivity contribution in [2.24, 2.45) is 5.73 Å². The van der Waals surface area contributed by atoms with E-state index in [-0.39, 0.29) is 5.54 Å². The Labute approximate surface area is 97.1 Å². The van der Waals surface area contributed by atoms with Gasteiger partial charge in [-0.15, -0.1) is 0 Å². The Morgan fingerprint density at radius 1 is 1.40 bits per heavy atom. The maximum absolute atomic E-state index is 5.97. The summed E-state index contributed by atoms with van der Waals surface area (Å²) in [5, 5.41) is 3.04. The summed E-state index contributed by atoms with van der Waals surface area (Å²) >= 11 is 2.05. The van der Waals surface area contributed by atoms with Gasteiger partial charge < -0.3 is 5.73 Å². The lowest BCUT2D eigenvalue weighted by molar-refractivity contribution is 0.0846. The van der Waals surface area contributed by atoms with Crippen LogP contribution in [0.2, 0.25) is 0 Å². The molecule has 3 nitrogen and oxygen atoms in total. The molecule has 2 rings (SSSR count). The van der Waals surface area contributed by atoms with E-state index in [1.807, 2.05) is 11.8 Å². The molecule has 0 spiro atoms. The van der Waals surface area contributed by atoms with Crippen molar-refractivity contribution in [1.82, 2.24) is 10.4 Å². The minimum absolute atomic E-state index is 0.169. The van der Waals surface area contributed by atoms with Gasteiger partial charge in [-0.3, -0.25) is 0 Å². The predicted octanol–water partition coefficient (Wildman–Crippen LogP) is 1.20. The first-order chi connectivity index (χ1) is 7.27. The molecule has 0 aromatic rings. The summed E-state index contributed by atoms with van der Waals surface area (Å²) in [6.07, 6.45) is 5.26. The summed E-state index contributed by atoms with van der Waals surface area (Å²) in [5.41, 5.74) is 9.86. The SMILES string of the molecule is CC1SCCC1(CN)NN1CCCCC1. The van der Waals surface area contributed by atoms with Crippen molar-refractivity contribution in [3.05, 3.63) is 0 Å². The molecule has 2 saturated heterocycles. The molecule has 4 heteroatoms. The van der Waals surface area contributed by atoms with E-state index in [1.54, 1.807) is 0 Å². The topological polar surface area (TPSA) is 41.3 Å². The summed E-state index contributed by atoms with van der Waals surface area (Å²) in [4.78, 5) is 0. The average Bonchev–Trinajstić information content (AvgIpc) is 2.62. The lowest BCUT2D eigenvalue weighted by Crippen LogP contribution is -2.62. The summed E-state index contributed by atoms with van der Waals surface area (Å²) in [6.45, 7) is 5.46. The van der Waals surface area contributed by atoms with Gasteiger partial charge in [-0.25, -0.2) is 10.4 Å². The summed E-state index contributed by atoms with van der Waals surface area (Å²) in [5.74, 6) is 1.25.